The number of ether oxygens (including phenoxy) is 1. The van der Waals surface area contributed by atoms with Crippen LogP contribution in [0.5, 0.6) is 0 Å². The molecule has 1 N–H and O–H groups in total. The predicted molar refractivity (Wildman–Crippen MR) is 104 cm³/mol. The predicted octanol–water partition coefficient (Wildman–Crippen LogP) is 3.30. The molecule has 4 rings (SSSR count). The van der Waals surface area contributed by atoms with Gasteiger partial charge in [0.15, 0.2) is 0 Å². The Bertz CT molecular complexity index is 762. The standard InChI is InChI=1S/C22H28N2O4/c25-20(23-16-7-4-2-1-3-5-8-16)15-10-11-18-19(13-15)22(27)24(21(18)26)14-17-9-6-12-28-17/h10-11,13,16-17H,1-9,12,14H2,(H,23,25). The summed E-state index contributed by atoms with van der Waals surface area (Å²) in [5, 5.41) is 3.12. The van der Waals surface area contributed by atoms with Crippen LogP contribution < -0.4 is 5.32 Å². The number of hydrogen-bond acceptors (Lipinski definition) is 4. The third-order valence-corrected chi connectivity index (χ3v) is 6.08. The summed E-state index contributed by atoms with van der Waals surface area (Å²) in [4.78, 5) is 39.4. The van der Waals surface area contributed by atoms with Gasteiger partial charge in [0.1, 0.15) is 0 Å². The highest BCUT2D eigenvalue weighted by Crippen LogP contribution is 2.26. The Morgan fingerprint density at radius 3 is 2.39 bits per heavy atom. The number of hydrogen-bond donors (Lipinski definition) is 1. The summed E-state index contributed by atoms with van der Waals surface area (Å²) >= 11 is 0. The molecule has 1 saturated carbocycles. The zero-order chi connectivity index (χ0) is 19.5. The van der Waals surface area contributed by atoms with Crippen molar-refractivity contribution in [1.29, 1.82) is 0 Å². The highest BCUT2D eigenvalue weighted by molar-refractivity contribution is 6.22. The molecule has 150 valence electrons. The van der Waals surface area contributed by atoms with Gasteiger partial charge in [-0.15, -0.1) is 0 Å². The molecule has 0 spiro atoms. The molecule has 0 bridgehead atoms. The maximum atomic E-state index is 12.8. The Hall–Kier alpha value is -2.21. The number of carbonyl (C=O) groups excluding carboxylic acids is 3. The van der Waals surface area contributed by atoms with E-state index in [-0.39, 0.29) is 36.4 Å². The van der Waals surface area contributed by atoms with Crippen molar-refractivity contribution in [3.8, 4) is 0 Å². The zero-order valence-corrected chi connectivity index (χ0v) is 16.2. The highest BCUT2D eigenvalue weighted by Gasteiger charge is 2.38. The Balaban J connectivity index is 1.45. The van der Waals surface area contributed by atoms with Gasteiger partial charge in [0.05, 0.1) is 23.8 Å². The van der Waals surface area contributed by atoms with Crippen LogP contribution in [0.1, 0.15) is 88.9 Å². The summed E-state index contributed by atoms with van der Waals surface area (Å²) in [6.07, 6.45) is 9.76. The molecular formula is C22H28N2O4. The number of fused-ring (bicyclic) bond motifs is 1. The van der Waals surface area contributed by atoms with E-state index in [1.807, 2.05) is 0 Å². The van der Waals surface area contributed by atoms with Gasteiger partial charge in [0.25, 0.3) is 17.7 Å². The lowest BCUT2D eigenvalue weighted by atomic mass is 9.96. The number of benzene rings is 1. The topological polar surface area (TPSA) is 75.7 Å². The second-order valence-electron chi connectivity index (χ2n) is 8.13. The van der Waals surface area contributed by atoms with Crippen LogP contribution in [0.15, 0.2) is 18.2 Å². The van der Waals surface area contributed by atoms with Gasteiger partial charge in [-0.25, -0.2) is 0 Å². The van der Waals surface area contributed by atoms with Gasteiger partial charge in [0, 0.05) is 18.2 Å². The average molecular weight is 384 g/mol. The van der Waals surface area contributed by atoms with E-state index in [2.05, 4.69) is 5.32 Å². The van der Waals surface area contributed by atoms with Crippen LogP contribution in [0.2, 0.25) is 0 Å². The number of rotatable bonds is 4. The molecule has 0 aromatic heterocycles. The summed E-state index contributed by atoms with van der Waals surface area (Å²) in [7, 11) is 0. The van der Waals surface area contributed by atoms with Crippen molar-refractivity contribution in [2.75, 3.05) is 13.2 Å². The monoisotopic (exact) mass is 384 g/mol. The molecule has 3 amide bonds. The SMILES string of the molecule is O=C(NC1CCCCCCC1)c1ccc2c(c1)C(=O)N(CC1CCCO1)C2=O. The third kappa shape index (κ3) is 3.97. The normalized spacial score (nSPS) is 23.4. The number of nitrogens with zero attached hydrogens (tertiary/aromatic N) is 1. The van der Waals surface area contributed by atoms with Gasteiger partial charge in [-0.2, -0.15) is 0 Å². The number of imide groups is 1. The van der Waals surface area contributed by atoms with Crippen molar-refractivity contribution in [3.63, 3.8) is 0 Å². The quantitative estimate of drug-likeness (QED) is 0.808. The van der Waals surface area contributed by atoms with Crippen molar-refractivity contribution in [1.82, 2.24) is 10.2 Å². The molecule has 1 aliphatic carbocycles. The molecular weight excluding hydrogens is 356 g/mol. The first-order chi connectivity index (χ1) is 13.6. The Morgan fingerprint density at radius 1 is 0.964 bits per heavy atom. The van der Waals surface area contributed by atoms with Crippen molar-refractivity contribution in [2.45, 2.75) is 69.9 Å². The van der Waals surface area contributed by atoms with E-state index in [1.165, 1.54) is 24.2 Å². The molecule has 1 saturated heterocycles. The molecule has 1 unspecified atom stereocenters. The molecule has 28 heavy (non-hydrogen) atoms. The molecule has 2 heterocycles. The minimum atomic E-state index is -0.323. The van der Waals surface area contributed by atoms with Crippen molar-refractivity contribution >= 4 is 17.7 Å². The summed E-state index contributed by atoms with van der Waals surface area (Å²) in [5.41, 5.74) is 1.15. The Morgan fingerprint density at radius 2 is 1.68 bits per heavy atom. The van der Waals surface area contributed by atoms with E-state index in [9.17, 15) is 14.4 Å². The van der Waals surface area contributed by atoms with Crippen LogP contribution in [0.4, 0.5) is 0 Å². The minimum Gasteiger partial charge on any atom is -0.376 e. The average Bonchev–Trinajstić information content (AvgIpc) is 3.27. The summed E-state index contributed by atoms with van der Waals surface area (Å²) in [6.45, 7) is 0.968. The summed E-state index contributed by atoms with van der Waals surface area (Å²) in [5.74, 6) is -0.773. The maximum absolute atomic E-state index is 12.8. The van der Waals surface area contributed by atoms with Crippen LogP contribution in [0.25, 0.3) is 0 Å². The third-order valence-electron chi connectivity index (χ3n) is 6.08. The Labute approximate surface area is 165 Å². The number of amides is 3. The van der Waals surface area contributed by atoms with Gasteiger partial charge in [-0.1, -0.05) is 32.1 Å². The van der Waals surface area contributed by atoms with Crippen LogP contribution in [0, 0.1) is 0 Å². The molecule has 3 aliphatic rings. The van der Waals surface area contributed by atoms with Gasteiger partial charge < -0.3 is 10.1 Å². The van der Waals surface area contributed by atoms with Gasteiger partial charge >= 0.3 is 0 Å². The smallest absolute Gasteiger partial charge is 0.261 e. The highest BCUT2D eigenvalue weighted by atomic mass is 16.5. The van der Waals surface area contributed by atoms with Gasteiger partial charge in [0.2, 0.25) is 0 Å². The fraction of sp³-hybridized carbons (Fsp3) is 0.591. The van der Waals surface area contributed by atoms with Gasteiger partial charge in [-0.05, 0) is 43.9 Å². The number of carbonyl (C=O) groups is 3. The largest absolute Gasteiger partial charge is 0.376 e. The van der Waals surface area contributed by atoms with Crippen LogP contribution in [-0.4, -0.2) is 47.9 Å². The van der Waals surface area contributed by atoms with Crippen molar-refractivity contribution in [2.24, 2.45) is 0 Å². The lowest BCUT2D eigenvalue weighted by Gasteiger charge is -2.21. The van der Waals surface area contributed by atoms with E-state index in [4.69, 9.17) is 4.74 Å². The lowest BCUT2D eigenvalue weighted by molar-refractivity contribution is 0.0475. The molecule has 1 atom stereocenters. The fourth-order valence-electron chi connectivity index (χ4n) is 4.46. The number of nitrogens with one attached hydrogen (secondary N) is 1. The van der Waals surface area contributed by atoms with E-state index in [0.29, 0.717) is 23.3 Å². The summed E-state index contributed by atoms with van der Waals surface area (Å²) < 4.78 is 5.57. The fourth-order valence-corrected chi connectivity index (χ4v) is 4.46. The Kier molecular flexibility index (Phi) is 5.76. The molecule has 1 aromatic rings. The second kappa shape index (κ2) is 8.43. The molecule has 2 fully saturated rings. The molecule has 1 aromatic carbocycles. The van der Waals surface area contributed by atoms with E-state index in [0.717, 1.165) is 38.5 Å². The van der Waals surface area contributed by atoms with Gasteiger partial charge in [-0.3, -0.25) is 19.3 Å². The minimum absolute atomic E-state index is 0.0794. The summed E-state index contributed by atoms with van der Waals surface area (Å²) in [6, 6.07) is 5.02. The van der Waals surface area contributed by atoms with Crippen LogP contribution >= 0.6 is 0 Å². The first kappa shape index (κ1) is 19.1. The zero-order valence-electron chi connectivity index (χ0n) is 16.2. The molecule has 6 heteroatoms. The second-order valence-corrected chi connectivity index (χ2v) is 8.13. The van der Waals surface area contributed by atoms with Crippen LogP contribution in [0.3, 0.4) is 0 Å². The van der Waals surface area contributed by atoms with E-state index >= 15 is 0 Å². The first-order valence-electron chi connectivity index (χ1n) is 10.6. The van der Waals surface area contributed by atoms with E-state index < -0.39 is 0 Å². The lowest BCUT2D eigenvalue weighted by Crippen LogP contribution is -2.36. The maximum Gasteiger partial charge on any atom is 0.261 e. The van der Waals surface area contributed by atoms with Crippen LogP contribution in [-0.2, 0) is 4.74 Å². The van der Waals surface area contributed by atoms with Crippen molar-refractivity contribution < 1.29 is 19.1 Å². The van der Waals surface area contributed by atoms with Crippen molar-refractivity contribution in [3.05, 3.63) is 34.9 Å². The molecule has 6 nitrogen and oxygen atoms in total. The molecule has 0 radical (unpaired) electrons. The van der Waals surface area contributed by atoms with E-state index in [1.54, 1.807) is 18.2 Å². The molecule has 2 aliphatic heterocycles. The first-order valence-corrected chi connectivity index (χ1v) is 10.6.